The molecule has 0 aliphatic heterocycles. The van der Waals surface area contributed by atoms with E-state index in [-0.39, 0.29) is 10.6 Å². The number of halogens is 1. The Hall–Kier alpha value is -0.780. The van der Waals surface area contributed by atoms with Gasteiger partial charge in [0.1, 0.15) is 0 Å². The molecule has 1 saturated carbocycles. The molecule has 1 aromatic carbocycles. The van der Waals surface area contributed by atoms with Crippen molar-refractivity contribution in [2.75, 3.05) is 12.3 Å². The lowest BCUT2D eigenvalue weighted by atomic mass is 10.1. The van der Waals surface area contributed by atoms with Crippen molar-refractivity contribution >= 4 is 27.3 Å². The molecule has 0 bridgehead atoms. The largest absolute Gasteiger partial charge is 0.397 e. The van der Waals surface area contributed by atoms with Gasteiger partial charge in [0, 0.05) is 6.54 Å². The first-order valence-electron chi connectivity index (χ1n) is 6.54. The molecule has 0 atom stereocenters. The van der Waals surface area contributed by atoms with Crippen LogP contribution in [0.2, 0.25) is 5.02 Å². The molecule has 0 saturated heterocycles. The third-order valence-electron chi connectivity index (χ3n) is 3.60. The Labute approximate surface area is 119 Å². The summed E-state index contributed by atoms with van der Waals surface area (Å²) in [6.07, 6.45) is 5.88. The van der Waals surface area contributed by atoms with Crippen LogP contribution in [0.4, 0.5) is 5.69 Å². The zero-order chi connectivity index (χ0) is 13.9. The van der Waals surface area contributed by atoms with Gasteiger partial charge in [-0.1, -0.05) is 37.3 Å². The van der Waals surface area contributed by atoms with Crippen LogP contribution >= 0.6 is 11.6 Å². The minimum atomic E-state index is -3.48. The van der Waals surface area contributed by atoms with E-state index in [2.05, 4.69) is 4.72 Å². The van der Waals surface area contributed by atoms with Crippen LogP contribution in [0.5, 0.6) is 0 Å². The maximum atomic E-state index is 12.1. The summed E-state index contributed by atoms with van der Waals surface area (Å²) in [5.74, 6) is 0.665. The average molecular weight is 303 g/mol. The zero-order valence-corrected chi connectivity index (χ0v) is 12.3. The molecular weight excluding hydrogens is 284 g/mol. The van der Waals surface area contributed by atoms with Gasteiger partial charge in [0.25, 0.3) is 0 Å². The van der Waals surface area contributed by atoms with Crippen LogP contribution < -0.4 is 10.5 Å². The Kier molecular flexibility index (Phi) is 4.71. The topological polar surface area (TPSA) is 72.2 Å². The molecule has 2 rings (SSSR count). The summed E-state index contributed by atoms with van der Waals surface area (Å²) in [7, 11) is -3.48. The van der Waals surface area contributed by atoms with Crippen molar-refractivity contribution in [3.8, 4) is 0 Å². The summed E-state index contributed by atoms with van der Waals surface area (Å²) < 4.78 is 26.7. The van der Waals surface area contributed by atoms with Crippen LogP contribution in [0.3, 0.4) is 0 Å². The number of nitrogen functional groups attached to an aromatic ring is 1. The molecule has 19 heavy (non-hydrogen) atoms. The first kappa shape index (κ1) is 14.6. The molecule has 1 aliphatic rings. The summed E-state index contributed by atoms with van der Waals surface area (Å²) in [5, 5.41) is 0.366. The van der Waals surface area contributed by atoms with Crippen molar-refractivity contribution < 1.29 is 8.42 Å². The van der Waals surface area contributed by atoms with Crippen molar-refractivity contribution in [3.63, 3.8) is 0 Å². The van der Waals surface area contributed by atoms with Crippen LogP contribution in [0.25, 0.3) is 0 Å². The fraction of sp³-hybridized carbons (Fsp3) is 0.538. The van der Waals surface area contributed by atoms with Gasteiger partial charge < -0.3 is 5.73 Å². The molecule has 0 spiro atoms. The number of anilines is 1. The molecule has 3 N–H and O–H groups in total. The molecule has 1 fully saturated rings. The second kappa shape index (κ2) is 6.11. The van der Waals surface area contributed by atoms with Crippen LogP contribution in [-0.4, -0.2) is 15.0 Å². The highest BCUT2D eigenvalue weighted by Gasteiger charge is 2.18. The van der Waals surface area contributed by atoms with Crippen LogP contribution in [0.1, 0.15) is 32.1 Å². The predicted octanol–water partition coefficient (Wildman–Crippen LogP) is 2.78. The number of sulfonamides is 1. The second-order valence-corrected chi connectivity index (χ2v) is 7.19. The quantitative estimate of drug-likeness (QED) is 0.822. The van der Waals surface area contributed by atoms with E-state index in [4.69, 9.17) is 17.3 Å². The lowest BCUT2D eigenvalue weighted by Gasteiger charge is -2.11. The normalized spacial score (nSPS) is 16.9. The highest BCUT2D eigenvalue weighted by Crippen LogP contribution is 2.27. The van der Waals surface area contributed by atoms with E-state index in [0.717, 1.165) is 6.42 Å². The molecule has 0 radical (unpaired) electrons. The maximum absolute atomic E-state index is 12.1. The number of rotatable bonds is 5. The summed E-state index contributed by atoms with van der Waals surface area (Å²) in [5.41, 5.74) is 5.90. The van der Waals surface area contributed by atoms with Crippen LogP contribution in [-0.2, 0) is 10.0 Å². The standard InChI is InChI=1S/C13H19ClN2O2S/c14-12-6-5-11(9-13(12)15)19(17,18)16-8-7-10-3-1-2-4-10/h5-6,9-10,16H,1-4,7-8,15H2. The Morgan fingerprint density at radius 1 is 1.32 bits per heavy atom. The fourth-order valence-corrected chi connectivity index (χ4v) is 3.67. The average Bonchev–Trinajstić information content (AvgIpc) is 2.85. The Morgan fingerprint density at radius 3 is 2.63 bits per heavy atom. The van der Waals surface area contributed by atoms with Gasteiger partial charge in [-0.05, 0) is 30.5 Å². The smallest absolute Gasteiger partial charge is 0.240 e. The summed E-state index contributed by atoms with van der Waals surface area (Å²) >= 11 is 5.78. The first-order chi connectivity index (χ1) is 8.99. The van der Waals surface area contributed by atoms with Gasteiger partial charge in [-0.3, -0.25) is 0 Å². The van der Waals surface area contributed by atoms with Crippen molar-refractivity contribution in [3.05, 3.63) is 23.2 Å². The minimum Gasteiger partial charge on any atom is -0.397 e. The fourth-order valence-electron chi connectivity index (χ4n) is 2.47. The third-order valence-corrected chi connectivity index (χ3v) is 5.40. The van der Waals surface area contributed by atoms with E-state index in [1.165, 1.54) is 43.9 Å². The molecule has 1 aromatic rings. The van der Waals surface area contributed by atoms with Crippen molar-refractivity contribution in [2.24, 2.45) is 5.92 Å². The third kappa shape index (κ3) is 3.84. The summed E-state index contributed by atoms with van der Waals surface area (Å²) in [6.45, 7) is 0.482. The Balaban J connectivity index is 1.95. The number of nitrogens with two attached hydrogens (primary N) is 1. The monoisotopic (exact) mass is 302 g/mol. The van der Waals surface area contributed by atoms with Crippen molar-refractivity contribution in [1.29, 1.82) is 0 Å². The molecule has 0 aromatic heterocycles. The van der Waals surface area contributed by atoms with Crippen molar-refractivity contribution in [1.82, 2.24) is 4.72 Å². The molecule has 106 valence electrons. The number of hydrogen-bond donors (Lipinski definition) is 2. The van der Waals surface area contributed by atoms with Crippen LogP contribution in [0, 0.1) is 5.92 Å². The second-order valence-electron chi connectivity index (χ2n) is 5.02. The molecule has 4 nitrogen and oxygen atoms in total. The lowest BCUT2D eigenvalue weighted by Crippen LogP contribution is -2.26. The first-order valence-corrected chi connectivity index (χ1v) is 8.40. The zero-order valence-electron chi connectivity index (χ0n) is 10.7. The molecular formula is C13H19ClN2O2S. The molecule has 0 heterocycles. The highest BCUT2D eigenvalue weighted by atomic mass is 35.5. The Morgan fingerprint density at radius 2 is 2.00 bits per heavy atom. The molecule has 0 amide bonds. The number of nitrogens with one attached hydrogen (secondary N) is 1. The van der Waals surface area contributed by atoms with Gasteiger partial charge >= 0.3 is 0 Å². The molecule has 1 aliphatic carbocycles. The van der Waals surface area contributed by atoms with Gasteiger partial charge in [-0.2, -0.15) is 0 Å². The van der Waals surface area contributed by atoms with E-state index >= 15 is 0 Å². The SMILES string of the molecule is Nc1cc(S(=O)(=O)NCCC2CCCC2)ccc1Cl. The highest BCUT2D eigenvalue weighted by molar-refractivity contribution is 7.89. The molecule has 0 unspecified atom stereocenters. The van der Waals surface area contributed by atoms with Gasteiger partial charge in [0.15, 0.2) is 0 Å². The lowest BCUT2D eigenvalue weighted by molar-refractivity contribution is 0.495. The number of benzene rings is 1. The van der Waals surface area contributed by atoms with Gasteiger partial charge in [0.05, 0.1) is 15.6 Å². The number of hydrogen-bond acceptors (Lipinski definition) is 3. The Bertz CT molecular complexity index is 540. The maximum Gasteiger partial charge on any atom is 0.240 e. The summed E-state index contributed by atoms with van der Waals surface area (Å²) in [6, 6.07) is 4.36. The van der Waals surface area contributed by atoms with Gasteiger partial charge in [-0.15, -0.1) is 0 Å². The van der Waals surface area contributed by atoms with E-state index in [9.17, 15) is 8.42 Å². The minimum absolute atomic E-state index is 0.167. The summed E-state index contributed by atoms with van der Waals surface area (Å²) in [4.78, 5) is 0.167. The molecule has 6 heteroatoms. The van der Waals surface area contributed by atoms with E-state index < -0.39 is 10.0 Å². The van der Waals surface area contributed by atoms with Crippen molar-refractivity contribution in [2.45, 2.75) is 37.0 Å². The van der Waals surface area contributed by atoms with E-state index in [0.29, 0.717) is 17.5 Å². The van der Waals surface area contributed by atoms with Gasteiger partial charge in [0.2, 0.25) is 10.0 Å². The van der Waals surface area contributed by atoms with E-state index in [1.807, 2.05) is 0 Å². The van der Waals surface area contributed by atoms with Gasteiger partial charge in [-0.25, -0.2) is 13.1 Å². The predicted molar refractivity (Wildman–Crippen MR) is 77.6 cm³/mol. The van der Waals surface area contributed by atoms with Crippen LogP contribution in [0.15, 0.2) is 23.1 Å². The van der Waals surface area contributed by atoms with E-state index in [1.54, 1.807) is 0 Å².